The van der Waals surface area contributed by atoms with E-state index in [2.05, 4.69) is 36.6 Å². The third kappa shape index (κ3) is 6.22. The SMILES string of the molecule is COc1cc(C(C)(C)O)ccc1Nc1nc2ccc(-c3ccc(C(=O)NCc4ccc(F)c(Br)c4)c(OC)c3)cn2n1. The van der Waals surface area contributed by atoms with Gasteiger partial charge in [-0.25, -0.2) is 8.91 Å². The van der Waals surface area contributed by atoms with Crippen LogP contribution in [0.2, 0.25) is 0 Å². The van der Waals surface area contributed by atoms with Crippen molar-refractivity contribution in [2.75, 3.05) is 19.5 Å². The number of fused-ring (bicyclic) bond motifs is 1. The minimum Gasteiger partial charge on any atom is -0.496 e. The van der Waals surface area contributed by atoms with Crippen molar-refractivity contribution in [3.63, 3.8) is 0 Å². The van der Waals surface area contributed by atoms with Crippen LogP contribution in [0.5, 0.6) is 11.5 Å². The van der Waals surface area contributed by atoms with E-state index in [0.717, 1.165) is 22.3 Å². The molecule has 0 saturated carbocycles. The molecule has 5 rings (SSSR count). The van der Waals surface area contributed by atoms with Gasteiger partial charge in [0, 0.05) is 18.3 Å². The fraction of sp³-hybridized carbons (Fsp3) is 0.194. The third-order valence-electron chi connectivity index (χ3n) is 6.70. The number of ether oxygens (including phenoxy) is 2. The number of anilines is 2. The first-order valence-electron chi connectivity index (χ1n) is 13.0. The number of pyridine rings is 1. The van der Waals surface area contributed by atoms with Crippen molar-refractivity contribution >= 4 is 39.1 Å². The van der Waals surface area contributed by atoms with Crippen molar-refractivity contribution in [2.24, 2.45) is 0 Å². The van der Waals surface area contributed by atoms with Crippen molar-refractivity contribution in [3.8, 4) is 22.6 Å². The van der Waals surface area contributed by atoms with Gasteiger partial charge in [-0.3, -0.25) is 4.79 Å². The number of benzene rings is 3. The first-order valence-corrected chi connectivity index (χ1v) is 13.8. The van der Waals surface area contributed by atoms with Gasteiger partial charge in [0.25, 0.3) is 5.91 Å². The predicted molar refractivity (Wildman–Crippen MR) is 162 cm³/mol. The van der Waals surface area contributed by atoms with E-state index in [4.69, 9.17) is 9.47 Å². The largest absolute Gasteiger partial charge is 0.496 e. The maximum atomic E-state index is 13.5. The summed E-state index contributed by atoms with van der Waals surface area (Å²) in [5, 5.41) is 20.9. The van der Waals surface area contributed by atoms with Crippen molar-refractivity contribution < 1.29 is 23.8 Å². The van der Waals surface area contributed by atoms with E-state index in [0.29, 0.717) is 38.8 Å². The lowest BCUT2D eigenvalue weighted by atomic mass is 9.98. The van der Waals surface area contributed by atoms with Crippen molar-refractivity contribution in [1.29, 1.82) is 0 Å². The third-order valence-corrected chi connectivity index (χ3v) is 7.31. The first-order chi connectivity index (χ1) is 20.0. The molecule has 9 nitrogen and oxygen atoms in total. The van der Waals surface area contributed by atoms with E-state index in [-0.39, 0.29) is 18.3 Å². The molecule has 0 atom stereocenters. The molecule has 0 aliphatic heterocycles. The number of carbonyl (C=O) groups is 1. The average Bonchev–Trinajstić information content (AvgIpc) is 3.38. The van der Waals surface area contributed by atoms with Gasteiger partial charge in [-0.15, -0.1) is 5.10 Å². The van der Waals surface area contributed by atoms with Gasteiger partial charge in [0.2, 0.25) is 5.95 Å². The lowest BCUT2D eigenvalue weighted by Crippen LogP contribution is -2.23. The molecule has 11 heteroatoms. The number of amides is 1. The number of halogens is 2. The van der Waals surface area contributed by atoms with E-state index >= 15 is 0 Å². The van der Waals surface area contributed by atoms with Gasteiger partial charge in [-0.2, -0.15) is 4.98 Å². The molecule has 5 aromatic rings. The Kier molecular flexibility index (Phi) is 8.15. The molecular weight excluding hydrogens is 605 g/mol. The predicted octanol–water partition coefficient (Wildman–Crippen LogP) is 6.22. The highest BCUT2D eigenvalue weighted by atomic mass is 79.9. The summed E-state index contributed by atoms with van der Waals surface area (Å²) in [5.74, 6) is 0.660. The molecule has 42 heavy (non-hydrogen) atoms. The number of aromatic nitrogens is 3. The van der Waals surface area contributed by atoms with E-state index in [1.165, 1.54) is 13.2 Å². The average molecular weight is 635 g/mol. The number of nitrogens with one attached hydrogen (secondary N) is 2. The number of carbonyl (C=O) groups excluding carboxylic acids is 1. The van der Waals surface area contributed by atoms with Gasteiger partial charge in [0.05, 0.1) is 35.5 Å². The highest BCUT2D eigenvalue weighted by Crippen LogP contribution is 2.32. The zero-order valence-corrected chi connectivity index (χ0v) is 25.0. The van der Waals surface area contributed by atoms with Crippen LogP contribution in [-0.2, 0) is 12.1 Å². The van der Waals surface area contributed by atoms with Crippen LogP contribution in [0.1, 0.15) is 35.3 Å². The summed E-state index contributed by atoms with van der Waals surface area (Å²) in [6.45, 7) is 3.66. The smallest absolute Gasteiger partial charge is 0.255 e. The van der Waals surface area contributed by atoms with Crippen LogP contribution in [0.15, 0.2) is 77.4 Å². The van der Waals surface area contributed by atoms with Crippen LogP contribution in [0.3, 0.4) is 0 Å². The van der Waals surface area contributed by atoms with Crippen LogP contribution in [-0.4, -0.2) is 39.8 Å². The molecule has 2 aromatic heterocycles. The fourth-order valence-corrected chi connectivity index (χ4v) is 4.81. The molecule has 0 spiro atoms. The zero-order valence-electron chi connectivity index (χ0n) is 23.4. The van der Waals surface area contributed by atoms with Crippen LogP contribution in [0.4, 0.5) is 16.0 Å². The highest BCUT2D eigenvalue weighted by molar-refractivity contribution is 9.10. The van der Waals surface area contributed by atoms with Crippen molar-refractivity contribution in [1.82, 2.24) is 19.9 Å². The second-order valence-electron chi connectivity index (χ2n) is 10.1. The number of hydrogen-bond acceptors (Lipinski definition) is 7. The molecule has 216 valence electrons. The Morgan fingerprint density at radius 2 is 1.76 bits per heavy atom. The monoisotopic (exact) mass is 633 g/mol. The summed E-state index contributed by atoms with van der Waals surface area (Å²) >= 11 is 3.16. The van der Waals surface area contributed by atoms with Gasteiger partial charge in [0.15, 0.2) is 5.65 Å². The fourth-order valence-electron chi connectivity index (χ4n) is 4.39. The summed E-state index contributed by atoms with van der Waals surface area (Å²) < 4.78 is 26.5. The quantitative estimate of drug-likeness (QED) is 0.177. The molecule has 3 N–H and O–H groups in total. The van der Waals surface area contributed by atoms with Crippen LogP contribution < -0.4 is 20.1 Å². The van der Waals surface area contributed by atoms with Gasteiger partial charge in [-0.1, -0.05) is 18.2 Å². The van der Waals surface area contributed by atoms with Crippen molar-refractivity contribution in [3.05, 3.63) is 99.9 Å². The Morgan fingerprint density at radius 3 is 2.48 bits per heavy atom. The normalized spacial score (nSPS) is 11.4. The number of aliphatic hydroxyl groups is 1. The summed E-state index contributed by atoms with van der Waals surface area (Å²) in [6, 6.07) is 19.1. The Bertz CT molecular complexity index is 1780. The maximum absolute atomic E-state index is 13.5. The molecule has 0 unspecified atom stereocenters. The number of rotatable bonds is 9. The molecule has 2 heterocycles. The molecule has 0 saturated heterocycles. The number of methoxy groups -OCH3 is 2. The molecule has 0 radical (unpaired) electrons. The Balaban J connectivity index is 1.34. The van der Waals surface area contributed by atoms with Crippen LogP contribution >= 0.6 is 15.9 Å². The van der Waals surface area contributed by atoms with Crippen LogP contribution in [0, 0.1) is 5.82 Å². The topological polar surface area (TPSA) is 110 Å². The van der Waals surface area contributed by atoms with Crippen molar-refractivity contribution in [2.45, 2.75) is 26.0 Å². The van der Waals surface area contributed by atoms with E-state index in [9.17, 15) is 14.3 Å². The Hall–Kier alpha value is -4.48. The van der Waals surface area contributed by atoms with Gasteiger partial charge < -0.3 is 25.2 Å². The molecule has 0 fully saturated rings. The summed E-state index contributed by atoms with van der Waals surface area (Å²) in [7, 11) is 3.07. The second kappa shape index (κ2) is 11.8. The lowest BCUT2D eigenvalue weighted by molar-refractivity contribution is 0.0783. The standard InChI is InChI=1S/C31H29BrFN5O4/c1-31(2,40)21-8-11-25(27(15-21)42-4)35-30-36-28-12-7-20(17-38(28)37-30)19-6-9-22(26(14-19)41-3)29(39)34-16-18-5-10-24(33)23(32)13-18/h5-15,17,40H,16H2,1-4H3,(H,34,39)(H,35,37). The summed E-state index contributed by atoms with van der Waals surface area (Å²) in [5.41, 5.74) is 3.80. The summed E-state index contributed by atoms with van der Waals surface area (Å²) in [6.07, 6.45) is 1.84. The van der Waals surface area contributed by atoms with E-state index in [1.54, 1.807) is 55.8 Å². The minimum atomic E-state index is -1.00. The molecule has 3 aromatic carbocycles. The Labute approximate surface area is 250 Å². The second-order valence-corrected chi connectivity index (χ2v) is 11.0. The molecule has 0 aliphatic carbocycles. The molecule has 1 amide bonds. The minimum absolute atomic E-state index is 0.234. The van der Waals surface area contributed by atoms with Gasteiger partial charge in [0.1, 0.15) is 17.3 Å². The van der Waals surface area contributed by atoms with Crippen LogP contribution in [0.25, 0.3) is 16.8 Å². The van der Waals surface area contributed by atoms with Gasteiger partial charge >= 0.3 is 0 Å². The lowest BCUT2D eigenvalue weighted by Gasteiger charge is -2.19. The maximum Gasteiger partial charge on any atom is 0.255 e. The van der Waals surface area contributed by atoms with E-state index in [1.807, 2.05) is 36.5 Å². The molecular formula is C31H29BrFN5O4. The summed E-state index contributed by atoms with van der Waals surface area (Å²) in [4.78, 5) is 17.5. The molecule has 0 aliphatic rings. The first kappa shape index (κ1) is 29.0. The highest BCUT2D eigenvalue weighted by Gasteiger charge is 2.19. The zero-order chi connectivity index (χ0) is 30.0. The number of hydrogen-bond donors (Lipinski definition) is 3. The Morgan fingerprint density at radius 1 is 1.00 bits per heavy atom. The molecule has 0 bridgehead atoms. The van der Waals surface area contributed by atoms with Gasteiger partial charge in [-0.05, 0) is 95.0 Å². The number of nitrogens with zero attached hydrogens (tertiary/aromatic N) is 3. The van der Waals surface area contributed by atoms with E-state index < -0.39 is 5.60 Å².